The molecule has 0 bridgehead atoms. The number of rotatable bonds is 1. The van der Waals surface area contributed by atoms with Crippen LogP contribution in [-0.4, -0.2) is 15.0 Å². The van der Waals surface area contributed by atoms with Crippen LogP contribution >= 0.6 is 15.9 Å². The van der Waals surface area contributed by atoms with Crippen LogP contribution in [0.3, 0.4) is 0 Å². The van der Waals surface area contributed by atoms with E-state index in [0.717, 1.165) is 10.2 Å². The zero-order valence-corrected chi connectivity index (χ0v) is 7.77. The molecular weight excluding hydrogens is 218 g/mol. The van der Waals surface area contributed by atoms with Gasteiger partial charge in [0.25, 0.3) is 0 Å². The zero-order valence-electron chi connectivity index (χ0n) is 6.18. The highest BCUT2D eigenvalue weighted by atomic mass is 79.9. The van der Waals surface area contributed by atoms with Gasteiger partial charge in [-0.05, 0) is 28.1 Å². The fourth-order valence-electron chi connectivity index (χ4n) is 0.974. The van der Waals surface area contributed by atoms with Crippen LogP contribution in [0.15, 0.2) is 41.1 Å². The Kier molecular flexibility index (Phi) is 1.91. The lowest BCUT2D eigenvalue weighted by atomic mass is 10.3. The smallest absolute Gasteiger partial charge is 0.0805 e. The van der Waals surface area contributed by atoms with E-state index in [1.807, 2.05) is 24.3 Å². The summed E-state index contributed by atoms with van der Waals surface area (Å²) in [4.78, 5) is 0. The van der Waals surface area contributed by atoms with Gasteiger partial charge in [0.2, 0.25) is 0 Å². The molecule has 4 heteroatoms. The molecule has 0 saturated heterocycles. The van der Waals surface area contributed by atoms with Crippen molar-refractivity contribution in [2.24, 2.45) is 0 Å². The van der Waals surface area contributed by atoms with E-state index in [-0.39, 0.29) is 0 Å². The molecule has 0 fully saturated rings. The SMILES string of the molecule is Brc1ccccc1-n1ccnn1. The predicted octanol–water partition coefficient (Wildman–Crippen LogP) is 2.03. The minimum absolute atomic E-state index is 0.995. The van der Waals surface area contributed by atoms with Gasteiger partial charge in [-0.1, -0.05) is 17.3 Å². The number of hydrogen-bond acceptors (Lipinski definition) is 2. The predicted molar refractivity (Wildman–Crippen MR) is 49.1 cm³/mol. The first kappa shape index (κ1) is 7.49. The largest absolute Gasteiger partial charge is 0.220 e. The first-order valence-corrected chi connectivity index (χ1v) is 4.28. The summed E-state index contributed by atoms with van der Waals surface area (Å²) in [6.07, 6.45) is 3.46. The average molecular weight is 224 g/mol. The third-order valence-corrected chi connectivity index (χ3v) is 2.19. The number of halogens is 1. The van der Waals surface area contributed by atoms with Crippen LogP contribution in [0.2, 0.25) is 0 Å². The molecule has 0 radical (unpaired) electrons. The van der Waals surface area contributed by atoms with Gasteiger partial charge in [-0.3, -0.25) is 0 Å². The van der Waals surface area contributed by atoms with Crippen LogP contribution in [-0.2, 0) is 0 Å². The molecule has 3 nitrogen and oxygen atoms in total. The van der Waals surface area contributed by atoms with Crippen molar-refractivity contribution in [1.82, 2.24) is 15.0 Å². The van der Waals surface area contributed by atoms with E-state index < -0.39 is 0 Å². The summed E-state index contributed by atoms with van der Waals surface area (Å²) in [6.45, 7) is 0. The summed E-state index contributed by atoms with van der Waals surface area (Å²) in [5.74, 6) is 0. The summed E-state index contributed by atoms with van der Waals surface area (Å²) >= 11 is 3.43. The van der Waals surface area contributed by atoms with Crippen LogP contribution in [0.25, 0.3) is 5.69 Å². The van der Waals surface area contributed by atoms with Crippen LogP contribution in [0.1, 0.15) is 0 Å². The molecule has 60 valence electrons. The molecule has 0 N–H and O–H groups in total. The first-order valence-electron chi connectivity index (χ1n) is 3.49. The maximum absolute atomic E-state index is 3.88. The quantitative estimate of drug-likeness (QED) is 0.741. The fourth-order valence-corrected chi connectivity index (χ4v) is 1.44. The van der Waals surface area contributed by atoms with E-state index in [1.165, 1.54) is 0 Å². The molecule has 0 saturated carbocycles. The molecule has 1 aromatic carbocycles. The molecule has 2 aromatic rings. The molecule has 0 spiro atoms. The van der Waals surface area contributed by atoms with Crippen molar-refractivity contribution in [1.29, 1.82) is 0 Å². The molecule has 0 amide bonds. The molecule has 0 unspecified atom stereocenters. The topological polar surface area (TPSA) is 30.7 Å². The van der Waals surface area contributed by atoms with Crippen LogP contribution in [0.4, 0.5) is 0 Å². The summed E-state index contributed by atoms with van der Waals surface area (Å²) in [5, 5.41) is 7.62. The van der Waals surface area contributed by atoms with Crippen LogP contribution in [0, 0.1) is 0 Å². The number of para-hydroxylation sites is 1. The second-order valence-electron chi connectivity index (χ2n) is 2.30. The van der Waals surface area contributed by atoms with Crippen molar-refractivity contribution < 1.29 is 0 Å². The molecule has 1 aromatic heterocycles. The van der Waals surface area contributed by atoms with Gasteiger partial charge < -0.3 is 0 Å². The Labute approximate surface area is 78.2 Å². The first-order chi connectivity index (χ1) is 5.88. The van der Waals surface area contributed by atoms with Crippen molar-refractivity contribution in [3.8, 4) is 5.69 Å². The number of aromatic nitrogens is 3. The lowest BCUT2D eigenvalue weighted by Crippen LogP contribution is -1.95. The van der Waals surface area contributed by atoms with Gasteiger partial charge in [0.15, 0.2) is 0 Å². The number of hydrogen-bond donors (Lipinski definition) is 0. The van der Waals surface area contributed by atoms with Crippen LogP contribution < -0.4 is 0 Å². The van der Waals surface area contributed by atoms with Gasteiger partial charge in [-0.2, -0.15) is 0 Å². The van der Waals surface area contributed by atoms with Crippen molar-refractivity contribution in [3.63, 3.8) is 0 Å². The van der Waals surface area contributed by atoms with Crippen molar-refractivity contribution in [3.05, 3.63) is 41.1 Å². The number of nitrogens with zero attached hydrogens (tertiary/aromatic N) is 3. The fraction of sp³-hybridized carbons (Fsp3) is 0. The van der Waals surface area contributed by atoms with Gasteiger partial charge in [0.05, 0.1) is 18.1 Å². The third kappa shape index (κ3) is 1.25. The lowest BCUT2D eigenvalue weighted by Gasteiger charge is -2.01. The summed E-state index contributed by atoms with van der Waals surface area (Å²) in [5.41, 5.74) is 0.995. The van der Waals surface area contributed by atoms with E-state index in [9.17, 15) is 0 Å². The summed E-state index contributed by atoms with van der Waals surface area (Å²) in [7, 11) is 0. The minimum Gasteiger partial charge on any atom is -0.220 e. The van der Waals surface area contributed by atoms with Gasteiger partial charge in [-0.25, -0.2) is 4.68 Å². The minimum atomic E-state index is 0.995. The highest BCUT2D eigenvalue weighted by molar-refractivity contribution is 9.10. The Bertz CT molecular complexity index is 370. The Morgan fingerprint density at radius 1 is 1.25 bits per heavy atom. The molecular formula is C8H6BrN3. The Hall–Kier alpha value is -1.16. The maximum atomic E-state index is 3.88. The zero-order chi connectivity index (χ0) is 8.39. The Morgan fingerprint density at radius 2 is 2.08 bits per heavy atom. The molecule has 0 aliphatic heterocycles. The summed E-state index contributed by atoms with van der Waals surface area (Å²) in [6, 6.07) is 7.86. The van der Waals surface area contributed by atoms with Crippen molar-refractivity contribution in [2.75, 3.05) is 0 Å². The Balaban J connectivity index is 2.55. The van der Waals surface area contributed by atoms with Crippen molar-refractivity contribution >= 4 is 15.9 Å². The van der Waals surface area contributed by atoms with Gasteiger partial charge in [0.1, 0.15) is 0 Å². The second-order valence-corrected chi connectivity index (χ2v) is 3.15. The van der Waals surface area contributed by atoms with Crippen LogP contribution in [0.5, 0.6) is 0 Å². The third-order valence-electron chi connectivity index (χ3n) is 1.52. The molecule has 0 aliphatic carbocycles. The van der Waals surface area contributed by atoms with E-state index in [1.54, 1.807) is 17.1 Å². The Morgan fingerprint density at radius 3 is 2.75 bits per heavy atom. The van der Waals surface area contributed by atoms with E-state index in [2.05, 4.69) is 26.2 Å². The van der Waals surface area contributed by atoms with Gasteiger partial charge >= 0.3 is 0 Å². The lowest BCUT2D eigenvalue weighted by molar-refractivity contribution is 0.800. The van der Waals surface area contributed by atoms with Crippen molar-refractivity contribution in [2.45, 2.75) is 0 Å². The average Bonchev–Trinajstić information content (AvgIpc) is 2.57. The van der Waals surface area contributed by atoms with Gasteiger partial charge in [0, 0.05) is 4.47 Å². The molecule has 2 rings (SSSR count). The monoisotopic (exact) mass is 223 g/mol. The van der Waals surface area contributed by atoms with E-state index in [0.29, 0.717) is 0 Å². The number of benzene rings is 1. The van der Waals surface area contributed by atoms with Gasteiger partial charge in [-0.15, -0.1) is 5.10 Å². The highest BCUT2D eigenvalue weighted by Gasteiger charge is 1.99. The highest BCUT2D eigenvalue weighted by Crippen LogP contribution is 2.18. The standard InChI is InChI=1S/C8H6BrN3/c9-7-3-1-2-4-8(7)12-6-5-10-11-12/h1-6H. The molecule has 0 aliphatic rings. The van der Waals surface area contributed by atoms with E-state index in [4.69, 9.17) is 0 Å². The van der Waals surface area contributed by atoms with E-state index >= 15 is 0 Å². The maximum Gasteiger partial charge on any atom is 0.0805 e. The summed E-state index contributed by atoms with van der Waals surface area (Å²) < 4.78 is 2.72. The molecule has 0 atom stereocenters. The second kappa shape index (κ2) is 3.06. The molecule has 1 heterocycles. The normalized spacial score (nSPS) is 10.1. The molecule has 12 heavy (non-hydrogen) atoms.